The van der Waals surface area contributed by atoms with Crippen LogP contribution in [0.4, 0.5) is 15.2 Å². The molecule has 1 aromatic carbocycles. The second-order valence-corrected chi connectivity index (χ2v) is 6.94. The number of ether oxygens (including phenoxy) is 1. The Morgan fingerprint density at radius 1 is 1.32 bits per heavy atom. The average molecular weight is 320 g/mol. The molecule has 22 heavy (non-hydrogen) atoms. The highest BCUT2D eigenvalue weighted by Crippen LogP contribution is 2.29. The van der Waals surface area contributed by atoms with Gasteiger partial charge in [0.05, 0.1) is 19.0 Å². The van der Waals surface area contributed by atoms with Crippen molar-refractivity contribution < 1.29 is 9.13 Å². The fourth-order valence-electron chi connectivity index (χ4n) is 1.97. The number of aromatic nitrogens is 3. The molecule has 0 unspecified atom stereocenters. The zero-order chi connectivity index (χ0) is 15.9. The van der Waals surface area contributed by atoms with Crippen molar-refractivity contribution in [2.45, 2.75) is 26.2 Å². The molecular weight excluding hydrogens is 303 g/mol. The minimum Gasteiger partial charge on any atom is -0.494 e. The van der Waals surface area contributed by atoms with E-state index >= 15 is 0 Å². The molecule has 116 valence electrons. The summed E-state index contributed by atoms with van der Waals surface area (Å²) in [7, 11) is 1.44. The Kier molecular flexibility index (Phi) is 3.52. The summed E-state index contributed by atoms with van der Waals surface area (Å²) in [5.41, 5.74) is 1.71. The van der Waals surface area contributed by atoms with Crippen molar-refractivity contribution in [3.8, 4) is 5.75 Å². The number of imidazole rings is 1. The lowest BCUT2D eigenvalue weighted by Gasteiger charge is -2.13. The van der Waals surface area contributed by atoms with E-state index in [0.717, 1.165) is 10.7 Å². The number of anilines is 2. The molecule has 0 amide bonds. The average Bonchev–Trinajstić information content (AvgIpc) is 2.98. The smallest absolute Gasteiger partial charge is 0.214 e. The highest BCUT2D eigenvalue weighted by Gasteiger charge is 2.19. The summed E-state index contributed by atoms with van der Waals surface area (Å²) in [6, 6.07) is 4.60. The number of methoxy groups -OCH3 is 1. The van der Waals surface area contributed by atoms with Gasteiger partial charge in [0, 0.05) is 17.2 Å². The van der Waals surface area contributed by atoms with Crippen LogP contribution < -0.4 is 10.1 Å². The molecule has 0 aliphatic carbocycles. The highest BCUT2D eigenvalue weighted by atomic mass is 32.1. The number of hydrogen-bond acceptors (Lipinski definition) is 5. The molecule has 0 aliphatic rings. The summed E-state index contributed by atoms with van der Waals surface area (Å²) in [5, 5.41) is 8.28. The van der Waals surface area contributed by atoms with Crippen LogP contribution in [0.3, 0.4) is 0 Å². The zero-order valence-electron chi connectivity index (χ0n) is 12.8. The maximum atomic E-state index is 13.4. The predicted octanol–water partition coefficient (Wildman–Crippen LogP) is 3.98. The van der Waals surface area contributed by atoms with E-state index in [1.807, 2.05) is 6.20 Å². The van der Waals surface area contributed by atoms with Crippen molar-refractivity contribution >= 4 is 27.1 Å². The molecule has 7 heteroatoms. The number of nitrogens with zero attached hydrogens (tertiary/aromatic N) is 3. The lowest BCUT2D eigenvalue weighted by Crippen LogP contribution is -2.11. The van der Waals surface area contributed by atoms with Crippen molar-refractivity contribution in [1.29, 1.82) is 0 Å². The van der Waals surface area contributed by atoms with E-state index < -0.39 is 5.82 Å². The summed E-state index contributed by atoms with van der Waals surface area (Å²) in [5.74, 6) is -0.196. The van der Waals surface area contributed by atoms with Crippen LogP contribution in [0.25, 0.3) is 4.96 Å². The molecule has 0 spiro atoms. The first-order valence-corrected chi connectivity index (χ1v) is 7.66. The quantitative estimate of drug-likeness (QED) is 0.793. The van der Waals surface area contributed by atoms with Crippen LogP contribution in [0.2, 0.25) is 0 Å². The van der Waals surface area contributed by atoms with E-state index in [1.54, 1.807) is 16.6 Å². The molecule has 2 heterocycles. The van der Waals surface area contributed by atoms with Gasteiger partial charge in [0.15, 0.2) is 11.6 Å². The van der Waals surface area contributed by atoms with E-state index in [0.29, 0.717) is 10.8 Å². The molecule has 0 atom stereocenters. The van der Waals surface area contributed by atoms with Crippen LogP contribution in [0.15, 0.2) is 24.4 Å². The summed E-state index contributed by atoms with van der Waals surface area (Å²) in [4.78, 5) is 5.41. The van der Waals surface area contributed by atoms with Crippen molar-refractivity contribution in [1.82, 2.24) is 14.6 Å². The number of rotatable bonds is 3. The molecule has 0 fully saturated rings. The van der Waals surface area contributed by atoms with Gasteiger partial charge in [-0.05, 0) is 12.1 Å². The third-order valence-corrected chi connectivity index (χ3v) is 4.05. The van der Waals surface area contributed by atoms with Crippen LogP contribution in [0, 0.1) is 5.82 Å². The fraction of sp³-hybridized carbons (Fsp3) is 0.333. The molecule has 5 nitrogen and oxygen atoms in total. The van der Waals surface area contributed by atoms with Gasteiger partial charge in [0.2, 0.25) is 10.1 Å². The van der Waals surface area contributed by atoms with Crippen molar-refractivity contribution in [3.63, 3.8) is 0 Å². The minimum absolute atomic E-state index is 0.00860. The molecular formula is C15H17FN4OS. The van der Waals surface area contributed by atoms with Gasteiger partial charge < -0.3 is 10.1 Å². The Hall–Kier alpha value is -2.15. The number of halogens is 1. The van der Waals surface area contributed by atoms with E-state index in [2.05, 4.69) is 36.2 Å². The van der Waals surface area contributed by atoms with Gasteiger partial charge in [-0.3, -0.25) is 0 Å². The Morgan fingerprint density at radius 2 is 2.09 bits per heavy atom. The van der Waals surface area contributed by atoms with Gasteiger partial charge in [0.1, 0.15) is 0 Å². The molecule has 0 bridgehead atoms. The van der Waals surface area contributed by atoms with Gasteiger partial charge in [-0.2, -0.15) is 0 Å². The lowest BCUT2D eigenvalue weighted by molar-refractivity contribution is 0.387. The van der Waals surface area contributed by atoms with Gasteiger partial charge in [-0.25, -0.2) is 13.9 Å². The Bertz CT molecular complexity index is 787. The molecule has 2 aromatic heterocycles. The van der Waals surface area contributed by atoms with Crippen LogP contribution in [0.1, 0.15) is 26.5 Å². The summed E-state index contributed by atoms with van der Waals surface area (Å²) in [6.45, 7) is 6.34. The number of nitrogens with one attached hydrogen (secondary N) is 1. The van der Waals surface area contributed by atoms with Gasteiger partial charge >= 0.3 is 0 Å². The minimum atomic E-state index is -0.392. The Morgan fingerprint density at radius 3 is 2.73 bits per heavy atom. The lowest BCUT2D eigenvalue weighted by atomic mass is 9.93. The van der Waals surface area contributed by atoms with Crippen LogP contribution in [-0.2, 0) is 5.41 Å². The maximum Gasteiger partial charge on any atom is 0.214 e. The topological polar surface area (TPSA) is 51.5 Å². The zero-order valence-corrected chi connectivity index (χ0v) is 13.7. The monoisotopic (exact) mass is 320 g/mol. The van der Waals surface area contributed by atoms with Crippen LogP contribution >= 0.6 is 11.3 Å². The predicted molar refractivity (Wildman–Crippen MR) is 85.8 cm³/mol. The molecule has 0 aliphatic heterocycles. The first kappa shape index (κ1) is 14.8. The number of hydrogen-bond donors (Lipinski definition) is 1. The molecule has 0 saturated carbocycles. The normalized spacial score (nSPS) is 11.9. The highest BCUT2D eigenvalue weighted by molar-refractivity contribution is 7.20. The van der Waals surface area contributed by atoms with E-state index in [9.17, 15) is 4.39 Å². The van der Waals surface area contributed by atoms with Gasteiger partial charge in [-0.15, -0.1) is 5.10 Å². The molecule has 3 aromatic rings. The summed E-state index contributed by atoms with van der Waals surface area (Å²) in [6.07, 6.45) is 1.93. The largest absolute Gasteiger partial charge is 0.494 e. The van der Waals surface area contributed by atoms with Gasteiger partial charge in [-0.1, -0.05) is 32.1 Å². The van der Waals surface area contributed by atoms with Crippen LogP contribution in [-0.4, -0.2) is 21.7 Å². The van der Waals surface area contributed by atoms with Crippen molar-refractivity contribution in [3.05, 3.63) is 35.9 Å². The van der Waals surface area contributed by atoms with Crippen molar-refractivity contribution in [2.75, 3.05) is 12.4 Å². The maximum absolute atomic E-state index is 13.4. The Balaban J connectivity index is 1.87. The van der Waals surface area contributed by atoms with E-state index in [4.69, 9.17) is 4.74 Å². The third-order valence-electron chi connectivity index (χ3n) is 3.21. The molecule has 0 radical (unpaired) electrons. The molecule has 0 saturated heterocycles. The SMILES string of the molecule is COc1cc(Nc2nn3cc(C(C)(C)C)nc3s2)ccc1F. The number of fused-ring (bicyclic) bond motifs is 1. The van der Waals surface area contributed by atoms with Crippen molar-refractivity contribution in [2.24, 2.45) is 0 Å². The second-order valence-electron chi connectivity index (χ2n) is 5.98. The Labute approximate surface area is 131 Å². The van der Waals surface area contributed by atoms with Gasteiger partial charge in [0.25, 0.3) is 0 Å². The molecule has 3 rings (SSSR count). The third kappa shape index (κ3) is 2.76. The first-order valence-electron chi connectivity index (χ1n) is 6.84. The van der Waals surface area contributed by atoms with E-state index in [-0.39, 0.29) is 11.2 Å². The fourth-order valence-corrected chi connectivity index (χ4v) is 2.77. The summed E-state index contributed by atoms with van der Waals surface area (Å²) >= 11 is 1.44. The number of benzene rings is 1. The molecule has 1 N–H and O–H groups in total. The van der Waals surface area contributed by atoms with Crippen LogP contribution in [0.5, 0.6) is 5.75 Å². The van der Waals surface area contributed by atoms with E-state index in [1.165, 1.54) is 24.5 Å². The summed E-state index contributed by atoms with van der Waals surface area (Å²) < 4.78 is 20.1. The second kappa shape index (κ2) is 5.24. The first-order chi connectivity index (χ1) is 10.4. The standard InChI is InChI=1S/C15H17FN4OS/c1-15(2,3)12-8-20-14(18-12)22-13(19-20)17-9-5-6-10(16)11(7-9)21-4/h5-8H,1-4H3,(H,17,19).